The highest BCUT2D eigenvalue weighted by molar-refractivity contribution is 5.30. The first-order chi connectivity index (χ1) is 9.67. The number of ether oxygens (including phenoxy) is 1. The van der Waals surface area contributed by atoms with Gasteiger partial charge in [-0.05, 0) is 38.0 Å². The van der Waals surface area contributed by atoms with E-state index >= 15 is 0 Å². The zero-order valence-electron chi connectivity index (χ0n) is 13.4. The van der Waals surface area contributed by atoms with Gasteiger partial charge in [0.15, 0.2) is 0 Å². The van der Waals surface area contributed by atoms with Gasteiger partial charge in [-0.1, -0.05) is 20.3 Å². The average molecular weight is 279 g/mol. The molecular weight excluding hydrogens is 250 g/mol. The SMILES string of the molecule is CCC1CCC(n2cc(C)nc2NCCCOC)C1C. The molecule has 0 radical (unpaired) electrons. The van der Waals surface area contributed by atoms with Gasteiger partial charge in [-0.25, -0.2) is 4.98 Å². The third-order valence-corrected chi connectivity index (χ3v) is 4.73. The van der Waals surface area contributed by atoms with Gasteiger partial charge in [0.1, 0.15) is 0 Å². The van der Waals surface area contributed by atoms with Crippen molar-refractivity contribution in [2.24, 2.45) is 11.8 Å². The zero-order valence-corrected chi connectivity index (χ0v) is 13.4. The number of methoxy groups -OCH3 is 1. The van der Waals surface area contributed by atoms with Crippen LogP contribution in [0, 0.1) is 18.8 Å². The second-order valence-corrected chi connectivity index (χ2v) is 6.06. The summed E-state index contributed by atoms with van der Waals surface area (Å²) in [5.74, 6) is 2.64. The minimum Gasteiger partial charge on any atom is -0.385 e. The van der Waals surface area contributed by atoms with Crippen LogP contribution in [-0.2, 0) is 4.74 Å². The first kappa shape index (κ1) is 15.4. The number of aromatic nitrogens is 2. The van der Waals surface area contributed by atoms with Gasteiger partial charge in [0, 0.05) is 32.5 Å². The molecule has 1 aliphatic rings. The summed E-state index contributed by atoms with van der Waals surface area (Å²) >= 11 is 0. The molecule has 1 N–H and O–H groups in total. The molecule has 1 fully saturated rings. The fourth-order valence-corrected chi connectivity index (χ4v) is 3.51. The Morgan fingerprint density at radius 3 is 2.90 bits per heavy atom. The molecule has 2 rings (SSSR count). The number of nitrogens with one attached hydrogen (secondary N) is 1. The largest absolute Gasteiger partial charge is 0.385 e. The molecule has 0 aliphatic heterocycles. The van der Waals surface area contributed by atoms with Gasteiger partial charge in [0.05, 0.1) is 5.69 Å². The number of nitrogens with zero attached hydrogens (tertiary/aromatic N) is 2. The van der Waals surface area contributed by atoms with Crippen LogP contribution in [0.3, 0.4) is 0 Å². The van der Waals surface area contributed by atoms with Gasteiger partial charge in [-0.3, -0.25) is 0 Å². The maximum atomic E-state index is 5.09. The normalized spacial score (nSPS) is 26.1. The predicted octanol–water partition coefficient (Wildman–Crippen LogP) is 3.64. The molecule has 4 nitrogen and oxygen atoms in total. The standard InChI is InChI=1S/C16H29N3O/c1-5-14-7-8-15(13(14)3)19-11-12(2)18-16(19)17-9-6-10-20-4/h11,13-15H,5-10H2,1-4H3,(H,17,18). The molecule has 1 heterocycles. The fraction of sp³-hybridized carbons (Fsp3) is 0.812. The van der Waals surface area contributed by atoms with Gasteiger partial charge in [-0.15, -0.1) is 0 Å². The molecule has 0 amide bonds. The Bertz CT molecular complexity index is 416. The highest BCUT2D eigenvalue weighted by Crippen LogP contribution is 2.42. The van der Waals surface area contributed by atoms with E-state index in [2.05, 4.69) is 41.8 Å². The van der Waals surface area contributed by atoms with Crippen molar-refractivity contribution in [3.05, 3.63) is 11.9 Å². The number of imidazole rings is 1. The Morgan fingerprint density at radius 1 is 1.45 bits per heavy atom. The van der Waals surface area contributed by atoms with E-state index in [0.717, 1.165) is 43.1 Å². The molecule has 114 valence electrons. The quantitative estimate of drug-likeness (QED) is 0.775. The summed E-state index contributed by atoms with van der Waals surface area (Å²) in [4.78, 5) is 4.65. The van der Waals surface area contributed by atoms with Crippen LogP contribution >= 0.6 is 0 Å². The van der Waals surface area contributed by atoms with E-state index in [0.29, 0.717) is 6.04 Å². The topological polar surface area (TPSA) is 39.1 Å². The molecule has 1 aromatic heterocycles. The Labute approximate surface area is 122 Å². The van der Waals surface area contributed by atoms with Crippen LogP contribution in [0.2, 0.25) is 0 Å². The van der Waals surface area contributed by atoms with Crippen LogP contribution in [0.15, 0.2) is 6.20 Å². The lowest BCUT2D eigenvalue weighted by Gasteiger charge is -2.23. The number of aryl methyl sites for hydroxylation is 1. The van der Waals surface area contributed by atoms with Crippen LogP contribution in [0.1, 0.15) is 51.3 Å². The van der Waals surface area contributed by atoms with Crippen LogP contribution < -0.4 is 5.32 Å². The molecule has 20 heavy (non-hydrogen) atoms. The van der Waals surface area contributed by atoms with Gasteiger partial charge < -0.3 is 14.6 Å². The summed E-state index contributed by atoms with van der Waals surface area (Å²) in [5.41, 5.74) is 1.10. The molecule has 3 atom stereocenters. The summed E-state index contributed by atoms with van der Waals surface area (Å²) < 4.78 is 7.47. The number of hydrogen-bond donors (Lipinski definition) is 1. The Hall–Kier alpha value is -1.03. The molecule has 0 aromatic carbocycles. The fourth-order valence-electron chi connectivity index (χ4n) is 3.51. The van der Waals surface area contributed by atoms with Crippen molar-refractivity contribution in [2.75, 3.05) is 25.6 Å². The van der Waals surface area contributed by atoms with Crippen LogP contribution in [0.5, 0.6) is 0 Å². The maximum Gasteiger partial charge on any atom is 0.203 e. The third kappa shape index (κ3) is 3.35. The summed E-state index contributed by atoms with van der Waals surface area (Å²) in [6.07, 6.45) is 7.14. The monoisotopic (exact) mass is 279 g/mol. The third-order valence-electron chi connectivity index (χ3n) is 4.73. The van der Waals surface area contributed by atoms with E-state index in [1.807, 2.05) is 0 Å². The highest BCUT2D eigenvalue weighted by Gasteiger charge is 2.33. The summed E-state index contributed by atoms with van der Waals surface area (Å²) in [7, 11) is 1.75. The van der Waals surface area contributed by atoms with Gasteiger partial charge in [0.25, 0.3) is 0 Å². The molecule has 0 saturated heterocycles. The van der Waals surface area contributed by atoms with E-state index in [9.17, 15) is 0 Å². The average Bonchev–Trinajstić information content (AvgIpc) is 2.97. The van der Waals surface area contributed by atoms with Crippen LogP contribution in [-0.4, -0.2) is 29.8 Å². The van der Waals surface area contributed by atoms with Crippen molar-refractivity contribution in [2.45, 2.75) is 52.5 Å². The summed E-state index contributed by atoms with van der Waals surface area (Å²) in [6, 6.07) is 0.603. The second-order valence-electron chi connectivity index (χ2n) is 6.06. The van der Waals surface area contributed by atoms with Crippen molar-refractivity contribution in [3.8, 4) is 0 Å². The van der Waals surface area contributed by atoms with Crippen molar-refractivity contribution < 1.29 is 4.74 Å². The van der Waals surface area contributed by atoms with Gasteiger partial charge >= 0.3 is 0 Å². The number of hydrogen-bond acceptors (Lipinski definition) is 3. The van der Waals surface area contributed by atoms with E-state index in [1.165, 1.54) is 19.3 Å². The first-order valence-corrected chi connectivity index (χ1v) is 7.95. The smallest absolute Gasteiger partial charge is 0.203 e. The minimum absolute atomic E-state index is 0.603. The van der Waals surface area contributed by atoms with Gasteiger partial charge in [0.2, 0.25) is 5.95 Å². The van der Waals surface area contributed by atoms with Crippen molar-refractivity contribution in [3.63, 3.8) is 0 Å². The van der Waals surface area contributed by atoms with Crippen LogP contribution in [0.25, 0.3) is 0 Å². The molecule has 1 saturated carbocycles. The molecular formula is C16H29N3O. The summed E-state index contributed by atoms with van der Waals surface area (Å²) in [5, 5.41) is 3.47. The minimum atomic E-state index is 0.603. The van der Waals surface area contributed by atoms with E-state index < -0.39 is 0 Å². The maximum absolute atomic E-state index is 5.09. The van der Waals surface area contributed by atoms with Crippen molar-refractivity contribution in [1.29, 1.82) is 0 Å². The van der Waals surface area contributed by atoms with E-state index in [1.54, 1.807) is 7.11 Å². The Morgan fingerprint density at radius 2 is 2.25 bits per heavy atom. The first-order valence-electron chi connectivity index (χ1n) is 7.95. The second kappa shape index (κ2) is 7.11. The Balaban J connectivity index is 2.04. The van der Waals surface area contributed by atoms with E-state index in [4.69, 9.17) is 4.74 Å². The molecule has 1 aliphatic carbocycles. The lowest BCUT2D eigenvalue weighted by atomic mass is 9.93. The molecule has 0 bridgehead atoms. The lowest BCUT2D eigenvalue weighted by molar-refractivity contribution is 0.197. The number of anilines is 1. The summed E-state index contributed by atoms with van der Waals surface area (Å²) in [6.45, 7) is 8.50. The predicted molar refractivity (Wildman–Crippen MR) is 83.2 cm³/mol. The van der Waals surface area contributed by atoms with E-state index in [-0.39, 0.29) is 0 Å². The molecule has 0 spiro atoms. The number of rotatable bonds is 7. The molecule has 4 heteroatoms. The van der Waals surface area contributed by atoms with Crippen LogP contribution in [0.4, 0.5) is 5.95 Å². The molecule has 3 unspecified atom stereocenters. The van der Waals surface area contributed by atoms with Gasteiger partial charge in [-0.2, -0.15) is 0 Å². The van der Waals surface area contributed by atoms with Crippen molar-refractivity contribution in [1.82, 2.24) is 9.55 Å². The Kier molecular flexibility index (Phi) is 5.46. The highest BCUT2D eigenvalue weighted by atomic mass is 16.5. The lowest BCUT2D eigenvalue weighted by Crippen LogP contribution is -2.18. The van der Waals surface area contributed by atoms with Crippen molar-refractivity contribution >= 4 is 5.95 Å². The zero-order chi connectivity index (χ0) is 14.5. The molecule has 1 aromatic rings.